The molecule has 2 aromatic heterocycles. The van der Waals surface area contributed by atoms with Crippen molar-refractivity contribution in [3.8, 4) is 5.75 Å². The Morgan fingerprint density at radius 1 is 1.15 bits per heavy atom. The lowest BCUT2D eigenvalue weighted by Crippen LogP contribution is -2.38. The fourth-order valence-corrected chi connectivity index (χ4v) is 4.42. The highest BCUT2D eigenvalue weighted by atomic mass is 32.1. The quantitative estimate of drug-likeness (QED) is 0.656. The Morgan fingerprint density at radius 3 is 2.92 bits per heavy atom. The molecule has 2 atom stereocenters. The third kappa shape index (κ3) is 4.00. The van der Waals surface area contributed by atoms with Gasteiger partial charge in [0.15, 0.2) is 0 Å². The fourth-order valence-electron chi connectivity index (χ4n) is 3.76. The van der Waals surface area contributed by atoms with E-state index in [0.29, 0.717) is 12.1 Å². The van der Waals surface area contributed by atoms with Gasteiger partial charge in [-0.15, -0.1) is 0 Å². The van der Waals surface area contributed by atoms with E-state index in [4.69, 9.17) is 9.72 Å². The largest absolute Gasteiger partial charge is 0.496 e. The molecule has 1 aromatic carbocycles. The minimum absolute atomic E-state index is 0.472. The maximum atomic E-state index is 5.42. The number of hydrogen-bond acceptors (Lipinski definition) is 5. The molecule has 0 amide bonds. The fraction of sp³-hybridized carbons (Fsp3) is 0.381. The molecule has 1 fully saturated rings. The molecule has 0 aliphatic heterocycles. The van der Waals surface area contributed by atoms with Gasteiger partial charge in [-0.05, 0) is 72.3 Å². The second-order valence-corrected chi connectivity index (χ2v) is 7.72. The van der Waals surface area contributed by atoms with Crippen LogP contribution in [0.25, 0.3) is 10.9 Å². The Kier molecular flexibility index (Phi) is 5.37. The smallest absolute Gasteiger partial charge is 0.128 e. The number of nitrogens with zero attached hydrogens (tertiary/aromatic N) is 1. The number of anilines is 1. The van der Waals surface area contributed by atoms with Gasteiger partial charge >= 0.3 is 0 Å². The standard InChI is InChI=1S/C21H25N3OS/c1-25-20-7-3-6-19-18(20)8-9-21(24-19)23-17-5-2-4-16(12-17)22-13-15-10-11-26-14-15/h3,6-11,14,16-17,22H,2,4-5,12-13H2,1H3,(H,23,24)/t16-,17-/m0/s1. The molecule has 136 valence electrons. The van der Waals surface area contributed by atoms with Crippen molar-refractivity contribution in [2.75, 3.05) is 12.4 Å². The van der Waals surface area contributed by atoms with E-state index in [9.17, 15) is 0 Å². The zero-order valence-electron chi connectivity index (χ0n) is 15.1. The summed E-state index contributed by atoms with van der Waals surface area (Å²) in [6.07, 6.45) is 4.85. The molecule has 1 aliphatic rings. The third-order valence-electron chi connectivity index (χ3n) is 5.11. The first-order valence-corrected chi connectivity index (χ1v) is 10.2. The van der Waals surface area contributed by atoms with Crippen LogP contribution in [0.4, 0.5) is 5.82 Å². The van der Waals surface area contributed by atoms with Gasteiger partial charge in [-0.25, -0.2) is 4.98 Å². The minimum atomic E-state index is 0.472. The summed E-state index contributed by atoms with van der Waals surface area (Å²) >= 11 is 1.76. The summed E-state index contributed by atoms with van der Waals surface area (Å²) in [5.41, 5.74) is 2.35. The summed E-state index contributed by atoms with van der Waals surface area (Å²) < 4.78 is 5.42. The molecule has 0 radical (unpaired) electrons. The first kappa shape index (κ1) is 17.3. The first-order chi connectivity index (χ1) is 12.8. The highest BCUT2D eigenvalue weighted by molar-refractivity contribution is 7.07. The van der Waals surface area contributed by atoms with Crippen LogP contribution in [0.15, 0.2) is 47.2 Å². The van der Waals surface area contributed by atoms with Gasteiger partial charge < -0.3 is 15.4 Å². The summed E-state index contributed by atoms with van der Waals surface area (Å²) in [5, 5.41) is 12.8. The summed E-state index contributed by atoms with van der Waals surface area (Å²) in [4.78, 5) is 4.78. The number of fused-ring (bicyclic) bond motifs is 1. The van der Waals surface area contributed by atoms with E-state index in [1.807, 2.05) is 18.2 Å². The molecule has 0 saturated heterocycles. The molecule has 2 heterocycles. The van der Waals surface area contributed by atoms with E-state index in [2.05, 4.69) is 39.6 Å². The molecule has 5 heteroatoms. The third-order valence-corrected chi connectivity index (χ3v) is 5.85. The molecular weight excluding hydrogens is 342 g/mol. The van der Waals surface area contributed by atoms with Crippen LogP contribution in [0.2, 0.25) is 0 Å². The van der Waals surface area contributed by atoms with Crippen molar-refractivity contribution in [3.05, 3.63) is 52.7 Å². The van der Waals surface area contributed by atoms with Gasteiger partial charge in [0.25, 0.3) is 0 Å². The lowest BCUT2D eigenvalue weighted by atomic mass is 9.91. The number of rotatable bonds is 6. The second-order valence-electron chi connectivity index (χ2n) is 6.94. The zero-order chi connectivity index (χ0) is 17.8. The number of nitrogens with one attached hydrogen (secondary N) is 2. The Balaban J connectivity index is 1.39. The van der Waals surface area contributed by atoms with E-state index in [1.165, 1.54) is 24.8 Å². The number of ether oxygens (including phenoxy) is 1. The van der Waals surface area contributed by atoms with Crippen molar-refractivity contribution in [2.45, 2.75) is 44.3 Å². The predicted octanol–water partition coefficient (Wildman–Crippen LogP) is 4.82. The van der Waals surface area contributed by atoms with Crippen LogP contribution in [0, 0.1) is 0 Å². The van der Waals surface area contributed by atoms with E-state index < -0.39 is 0 Å². The molecule has 4 rings (SSSR count). The van der Waals surface area contributed by atoms with Crippen LogP contribution >= 0.6 is 11.3 Å². The molecular formula is C21H25N3OS. The highest BCUT2D eigenvalue weighted by Gasteiger charge is 2.22. The van der Waals surface area contributed by atoms with Crippen LogP contribution in [0.5, 0.6) is 5.75 Å². The van der Waals surface area contributed by atoms with Gasteiger partial charge in [-0.3, -0.25) is 0 Å². The van der Waals surface area contributed by atoms with Crippen molar-refractivity contribution in [1.29, 1.82) is 0 Å². The van der Waals surface area contributed by atoms with E-state index in [0.717, 1.165) is 35.4 Å². The SMILES string of the molecule is COc1cccc2nc(N[C@H]3CCC[C@H](NCc4ccsc4)C3)ccc12. The van der Waals surface area contributed by atoms with E-state index in [-0.39, 0.29) is 0 Å². The predicted molar refractivity (Wildman–Crippen MR) is 109 cm³/mol. The molecule has 3 aromatic rings. The van der Waals surface area contributed by atoms with Crippen molar-refractivity contribution >= 4 is 28.1 Å². The number of benzene rings is 1. The van der Waals surface area contributed by atoms with Crippen LogP contribution in [0.3, 0.4) is 0 Å². The Labute approximate surface area is 158 Å². The van der Waals surface area contributed by atoms with Crippen LogP contribution < -0.4 is 15.4 Å². The Hall–Kier alpha value is -2.11. The summed E-state index contributed by atoms with van der Waals surface area (Å²) in [6, 6.07) is 13.4. The Morgan fingerprint density at radius 2 is 2.08 bits per heavy atom. The van der Waals surface area contributed by atoms with Crippen molar-refractivity contribution in [3.63, 3.8) is 0 Å². The van der Waals surface area contributed by atoms with Gasteiger partial charge in [0.1, 0.15) is 11.6 Å². The maximum Gasteiger partial charge on any atom is 0.128 e. The van der Waals surface area contributed by atoms with Crippen LogP contribution in [-0.4, -0.2) is 24.2 Å². The molecule has 2 N–H and O–H groups in total. The molecule has 1 aliphatic carbocycles. The van der Waals surface area contributed by atoms with Gasteiger partial charge in [-0.2, -0.15) is 11.3 Å². The zero-order valence-corrected chi connectivity index (χ0v) is 15.9. The normalized spacial score (nSPS) is 20.2. The molecule has 0 unspecified atom stereocenters. The second kappa shape index (κ2) is 8.06. The van der Waals surface area contributed by atoms with Crippen LogP contribution in [0.1, 0.15) is 31.2 Å². The average Bonchev–Trinajstić information content (AvgIpc) is 3.20. The number of pyridine rings is 1. The first-order valence-electron chi connectivity index (χ1n) is 9.26. The summed E-state index contributed by atoms with van der Waals surface area (Å²) in [7, 11) is 1.70. The maximum absolute atomic E-state index is 5.42. The van der Waals surface area contributed by atoms with E-state index >= 15 is 0 Å². The summed E-state index contributed by atoms with van der Waals surface area (Å²) in [6.45, 7) is 0.967. The number of methoxy groups -OCH3 is 1. The van der Waals surface area contributed by atoms with Crippen molar-refractivity contribution in [1.82, 2.24) is 10.3 Å². The van der Waals surface area contributed by atoms with Gasteiger partial charge in [-0.1, -0.05) is 6.07 Å². The van der Waals surface area contributed by atoms with Crippen molar-refractivity contribution < 1.29 is 4.74 Å². The molecule has 4 nitrogen and oxygen atoms in total. The van der Waals surface area contributed by atoms with Crippen LogP contribution in [-0.2, 0) is 6.54 Å². The topological polar surface area (TPSA) is 46.2 Å². The monoisotopic (exact) mass is 367 g/mol. The highest BCUT2D eigenvalue weighted by Crippen LogP contribution is 2.27. The molecule has 0 spiro atoms. The number of hydrogen-bond donors (Lipinski definition) is 2. The van der Waals surface area contributed by atoms with E-state index in [1.54, 1.807) is 18.4 Å². The Bertz CT molecular complexity index is 850. The lowest BCUT2D eigenvalue weighted by Gasteiger charge is -2.30. The molecule has 26 heavy (non-hydrogen) atoms. The average molecular weight is 368 g/mol. The van der Waals surface area contributed by atoms with Gasteiger partial charge in [0.2, 0.25) is 0 Å². The number of thiophene rings is 1. The van der Waals surface area contributed by atoms with Gasteiger partial charge in [0, 0.05) is 24.0 Å². The van der Waals surface area contributed by atoms with Gasteiger partial charge in [0.05, 0.1) is 12.6 Å². The lowest BCUT2D eigenvalue weighted by molar-refractivity contribution is 0.350. The molecule has 1 saturated carbocycles. The van der Waals surface area contributed by atoms with Crippen molar-refractivity contribution in [2.24, 2.45) is 0 Å². The minimum Gasteiger partial charge on any atom is -0.496 e. The molecule has 0 bridgehead atoms. The number of aromatic nitrogens is 1. The summed E-state index contributed by atoms with van der Waals surface area (Å²) in [5.74, 6) is 1.83.